The van der Waals surface area contributed by atoms with Gasteiger partial charge in [0, 0.05) is 6.54 Å². The highest BCUT2D eigenvalue weighted by molar-refractivity contribution is 5.76. The number of aliphatic hydroxyl groups is 1. The summed E-state index contributed by atoms with van der Waals surface area (Å²) >= 11 is 0. The van der Waals surface area contributed by atoms with Crippen LogP contribution in [0.1, 0.15) is 11.1 Å². The van der Waals surface area contributed by atoms with Crippen LogP contribution in [0.15, 0.2) is 84.9 Å². The Bertz CT molecular complexity index is 936. The molecule has 0 aliphatic carbocycles. The lowest BCUT2D eigenvalue weighted by molar-refractivity contribution is -0.136. The van der Waals surface area contributed by atoms with Gasteiger partial charge in [-0.25, -0.2) is 5.48 Å². The monoisotopic (exact) mass is 450 g/mol. The van der Waals surface area contributed by atoms with Crippen LogP contribution >= 0.6 is 0 Å². The molecule has 0 spiro atoms. The Hall–Kier alpha value is -3.39. The zero-order valence-corrected chi connectivity index (χ0v) is 18.5. The molecule has 1 amide bonds. The standard InChI is InChI=1S/C26H30N2O5/c29-23(19-31-24-9-5-2-6-10-24)17-27-16-15-21-11-13-25(14-12-21)32-20-26(30)28-33-18-22-7-3-1-4-8-22/h1-14,23,27,29H,15-20H2,(H,28,30). The van der Waals surface area contributed by atoms with Gasteiger partial charge in [-0.3, -0.25) is 9.63 Å². The Morgan fingerprint density at radius 1 is 0.818 bits per heavy atom. The van der Waals surface area contributed by atoms with Gasteiger partial charge in [0.05, 0.1) is 6.61 Å². The van der Waals surface area contributed by atoms with Crippen LogP contribution in [0, 0.1) is 0 Å². The summed E-state index contributed by atoms with van der Waals surface area (Å²) in [6, 6.07) is 26.6. The average Bonchev–Trinajstić information content (AvgIpc) is 2.86. The number of hydroxylamine groups is 1. The van der Waals surface area contributed by atoms with E-state index in [0.717, 1.165) is 29.8 Å². The number of carbonyl (C=O) groups is 1. The molecule has 0 radical (unpaired) electrons. The molecule has 0 aromatic heterocycles. The smallest absolute Gasteiger partial charge is 0.281 e. The van der Waals surface area contributed by atoms with Crippen molar-refractivity contribution in [2.45, 2.75) is 19.1 Å². The molecule has 7 nitrogen and oxygen atoms in total. The van der Waals surface area contributed by atoms with Crippen molar-refractivity contribution in [3.8, 4) is 11.5 Å². The highest BCUT2D eigenvalue weighted by Gasteiger charge is 2.06. The van der Waals surface area contributed by atoms with E-state index in [1.54, 1.807) is 0 Å². The van der Waals surface area contributed by atoms with Gasteiger partial charge in [-0.2, -0.15) is 0 Å². The average molecular weight is 451 g/mol. The minimum absolute atomic E-state index is 0.126. The second-order valence-corrected chi connectivity index (χ2v) is 7.46. The molecular weight excluding hydrogens is 420 g/mol. The topological polar surface area (TPSA) is 89.1 Å². The zero-order chi connectivity index (χ0) is 23.1. The predicted octanol–water partition coefficient (Wildman–Crippen LogP) is 2.89. The van der Waals surface area contributed by atoms with Crippen LogP contribution in [0.4, 0.5) is 0 Å². The summed E-state index contributed by atoms with van der Waals surface area (Å²) < 4.78 is 11.0. The van der Waals surface area contributed by atoms with Gasteiger partial charge in [-0.15, -0.1) is 0 Å². The van der Waals surface area contributed by atoms with Crippen LogP contribution in [0.25, 0.3) is 0 Å². The fourth-order valence-corrected chi connectivity index (χ4v) is 2.97. The van der Waals surface area contributed by atoms with Crippen molar-refractivity contribution in [2.24, 2.45) is 0 Å². The number of rotatable bonds is 14. The molecule has 0 saturated carbocycles. The van der Waals surface area contributed by atoms with Crippen molar-refractivity contribution < 1.29 is 24.2 Å². The molecule has 3 aromatic rings. The van der Waals surface area contributed by atoms with Gasteiger partial charge < -0.3 is 19.9 Å². The fraction of sp³-hybridized carbons (Fsp3) is 0.269. The molecule has 1 atom stereocenters. The van der Waals surface area contributed by atoms with Crippen molar-refractivity contribution in [2.75, 3.05) is 26.3 Å². The Kier molecular flexibility index (Phi) is 10.2. The van der Waals surface area contributed by atoms with E-state index in [0.29, 0.717) is 18.9 Å². The maximum Gasteiger partial charge on any atom is 0.281 e. The third-order valence-electron chi connectivity index (χ3n) is 4.72. The normalized spacial score (nSPS) is 11.5. The number of nitrogens with one attached hydrogen (secondary N) is 2. The molecule has 33 heavy (non-hydrogen) atoms. The van der Waals surface area contributed by atoms with Gasteiger partial charge in [0.2, 0.25) is 0 Å². The third-order valence-corrected chi connectivity index (χ3v) is 4.72. The molecule has 7 heteroatoms. The van der Waals surface area contributed by atoms with Gasteiger partial charge in [0.25, 0.3) is 5.91 Å². The van der Waals surface area contributed by atoms with E-state index in [2.05, 4.69) is 10.8 Å². The molecular formula is C26H30N2O5. The van der Waals surface area contributed by atoms with E-state index in [1.807, 2.05) is 84.9 Å². The molecule has 0 saturated heterocycles. The number of ether oxygens (including phenoxy) is 2. The highest BCUT2D eigenvalue weighted by atomic mass is 16.7. The predicted molar refractivity (Wildman–Crippen MR) is 126 cm³/mol. The molecule has 3 N–H and O–H groups in total. The summed E-state index contributed by atoms with van der Waals surface area (Å²) in [7, 11) is 0. The van der Waals surface area contributed by atoms with E-state index >= 15 is 0 Å². The Morgan fingerprint density at radius 2 is 1.48 bits per heavy atom. The second kappa shape index (κ2) is 13.9. The zero-order valence-electron chi connectivity index (χ0n) is 18.5. The van der Waals surface area contributed by atoms with Crippen molar-refractivity contribution in [1.82, 2.24) is 10.8 Å². The summed E-state index contributed by atoms with van der Waals surface area (Å²) in [5.74, 6) is 1.00. The second-order valence-electron chi connectivity index (χ2n) is 7.46. The maximum absolute atomic E-state index is 11.8. The molecule has 0 heterocycles. The van der Waals surface area contributed by atoms with E-state index in [9.17, 15) is 9.90 Å². The Balaban J connectivity index is 1.25. The van der Waals surface area contributed by atoms with Gasteiger partial charge in [0.1, 0.15) is 24.2 Å². The summed E-state index contributed by atoms with van der Waals surface area (Å²) in [6.07, 6.45) is 0.226. The van der Waals surface area contributed by atoms with Gasteiger partial charge in [-0.05, 0) is 48.4 Å². The quantitative estimate of drug-likeness (QED) is 0.259. The first-order valence-electron chi connectivity index (χ1n) is 10.9. The molecule has 0 bridgehead atoms. The van der Waals surface area contributed by atoms with Gasteiger partial charge in [0.15, 0.2) is 6.61 Å². The molecule has 0 fully saturated rings. The van der Waals surface area contributed by atoms with Crippen molar-refractivity contribution >= 4 is 5.91 Å². The van der Waals surface area contributed by atoms with Gasteiger partial charge in [-0.1, -0.05) is 60.7 Å². The van der Waals surface area contributed by atoms with Crippen LogP contribution in [0.3, 0.4) is 0 Å². The number of para-hydroxylation sites is 1. The van der Waals surface area contributed by atoms with E-state index in [4.69, 9.17) is 14.3 Å². The molecule has 0 aliphatic heterocycles. The lowest BCUT2D eigenvalue weighted by atomic mass is 10.1. The van der Waals surface area contributed by atoms with Crippen molar-refractivity contribution in [3.05, 3.63) is 96.1 Å². The number of aliphatic hydroxyl groups excluding tert-OH is 1. The Morgan fingerprint density at radius 3 is 2.21 bits per heavy atom. The first-order chi connectivity index (χ1) is 16.2. The third kappa shape index (κ3) is 9.74. The Labute approximate surface area is 194 Å². The van der Waals surface area contributed by atoms with E-state index < -0.39 is 6.10 Å². The SMILES string of the molecule is O=C(COc1ccc(CCNCC(O)COc2ccccc2)cc1)NOCc1ccccc1. The molecule has 174 valence electrons. The number of benzene rings is 3. The van der Waals surface area contributed by atoms with Gasteiger partial charge >= 0.3 is 0 Å². The summed E-state index contributed by atoms with van der Waals surface area (Å²) in [5.41, 5.74) is 4.47. The van der Waals surface area contributed by atoms with E-state index in [1.165, 1.54) is 0 Å². The largest absolute Gasteiger partial charge is 0.491 e. The van der Waals surface area contributed by atoms with Crippen molar-refractivity contribution in [1.29, 1.82) is 0 Å². The molecule has 1 unspecified atom stereocenters. The van der Waals surface area contributed by atoms with Crippen molar-refractivity contribution in [3.63, 3.8) is 0 Å². The van der Waals surface area contributed by atoms with Crippen LogP contribution in [-0.4, -0.2) is 43.4 Å². The minimum atomic E-state index is -0.580. The fourth-order valence-electron chi connectivity index (χ4n) is 2.97. The molecule has 3 aromatic carbocycles. The van der Waals surface area contributed by atoms with E-state index in [-0.39, 0.29) is 19.1 Å². The summed E-state index contributed by atoms with van der Waals surface area (Å²) in [6.45, 7) is 1.60. The number of carbonyl (C=O) groups excluding carboxylic acids is 1. The lowest BCUT2D eigenvalue weighted by Crippen LogP contribution is -2.32. The number of hydrogen-bond acceptors (Lipinski definition) is 6. The first-order valence-corrected chi connectivity index (χ1v) is 10.9. The first kappa shape index (κ1) is 24.3. The van der Waals surface area contributed by atoms with Crippen LogP contribution in [-0.2, 0) is 22.7 Å². The molecule has 3 rings (SSSR count). The number of hydrogen-bond donors (Lipinski definition) is 3. The van der Waals surface area contributed by atoms with Crippen LogP contribution in [0.5, 0.6) is 11.5 Å². The number of amides is 1. The van der Waals surface area contributed by atoms with Crippen LogP contribution in [0.2, 0.25) is 0 Å². The molecule has 0 aliphatic rings. The lowest BCUT2D eigenvalue weighted by Gasteiger charge is -2.13. The minimum Gasteiger partial charge on any atom is -0.491 e. The summed E-state index contributed by atoms with van der Waals surface area (Å²) in [4.78, 5) is 17.0. The van der Waals surface area contributed by atoms with Crippen LogP contribution < -0.4 is 20.3 Å². The summed E-state index contributed by atoms with van der Waals surface area (Å²) in [5, 5.41) is 13.2. The maximum atomic E-state index is 11.8. The highest BCUT2D eigenvalue weighted by Crippen LogP contribution is 2.12.